The summed E-state index contributed by atoms with van der Waals surface area (Å²) in [4.78, 5) is 22.7. The number of fused-ring (bicyclic) bond motifs is 5. The number of hydrogen-bond donors (Lipinski definition) is 2. The molecule has 0 aliphatic heterocycles. The Labute approximate surface area is 348 Å². The highest BCUT2D eigenvalue weighted by molar-refractivity contribution is 5.98. The number of aryl methyl sites for hydroxylation is 3. The van der Waals surface area contributed by atoms with Crippen molar-refractivity contribution in [2.75, 3.05) is 10.6 Å². The van der Waals surface area contributed by atoms with Gasteiger partial charge in [0.1, 0.15) is 0 Å². The van der Waals surface area contributed by atoms with Gasteiger partial charge in [-0.3, -0.25) is 24.9 Å². The van der Waals surface area contributed by atoms with Crippen molar-refractivity contribution in [3.05, 3.63) is 175 Å². The molecule has 9 nitrogen and oxygen atoms in total. The molecule has 5 aromatic heterocycles. The molecule has 9 heteroatoms. The van der Waals surface area contributed by atoms with Crippen LogP contribution in [-0.2, 0) is 20.5 Å². The molecule has 0 bridgehead atoms. The second kappa shape index (κ2) is 15.8. The maximum Gasteiger partial charge on any atom is 0.0966 e. The van der Waals surface area contributed by atoms with Gasteiger partial charge in [0, 0.05) is 97.2 Å². The SMILES string of the molecule is CC(Nc1cc(-c2ccc3ccn(C)c3c2)c2nccnc2c1)c1cccnc1.Cn1ccc2ccc(-c3cc(N[C@@H]4CCCc5ccccc54)cc4nccnc34)cc21. The third kappa shape index (κ3) is 7.19. The summed E-state index contributed by atoms with van der Waals surface area (Å²) in [5.41, 5.74) is 16.6. The lowest BCUT2D eigenvalue weighted by Gasteiger charge is -2.27. The average Bonchev–Trinajstić information content (AvgIpc) is 3.86. The fraction of sp³-hybridized carbons (Fsp3) is 0.157. The van der Waals surface area contributed by atoms with Gasteiger partial charge in [-0.1, -0.05) is 54.6 Å². The molecule has 5 heterocycles. The molecule has 1 aliphatic carbocycles. The highest BCUT2D eigenvalue weighted by atomic mass is 14.9. The van der Waals surface area contributed by atoms with Gasteiger partial charge in [-0.2, -0.15) is 0 Å². The van der Waals surface area contributed by atoms with Crippen molar-refractivity contribution in [3.8, 4) is 22.3 Å². The number of aromatic nitrogens is 7. The number of anilines is 2. The molecular weight excluding hydrogens is 739 g/mol. The predicted octanol–water partition coefficient (Wildman–Crippen LogP) is 11.6. The van der Waals surface area contributed by atoms with Crippen molar-refractivity contribution in [1.82, 2.24) is 34.1 Å². The van der Waals surface area contributed by atoms with Gasteiger partial charge in [-0.05, 0) is 119 Å². The molecule has 0 amide bonds. The van der Waals surface area contributed by atoms with E-state index in [1.165, 1.54) is 45.8 Å². The van der Waals surface area contributed by atoms with Crippen molar-refractivity contribution in [1.29, 1.82) is 0 Å². The van der Waals surface area contributed by atoms with Crippen molar-refractivity contribution in [3.63, 3.8) is 0 Å². The van der Waals surface area contributed by atoms with Crippen LogP contribution < -0.4 is 10.6 Å². The second-order valence-corrected chi connectivity index (χ2v) is 15.7. The van der Waals surface area contributed by atoms with E-state index in [4.69, 9.17) is 0 Å². The lowest BCUT2D eigenvalue weighted by atomic mass is 9.87. The maximum absolute atomic E-state index is 4.67. The molecule has 0 radical (unpaired) electrons. The van der Waals surface area contributed by atoms with E-state index in [0.29, 0.717) is 6.04 Å². The Morgan fingerprint density at radius 1 is 0.617 bits per heavy atom. The normalized spacial score (nSPS) is 14.2. The lowest BCUT2D eigenvalue weighted by Crippen LogP contribution is -2.17. The van der Waals surface area contributed by atoms with Crippen LogP contribution in [0.25, 0.3) is 66.1 Å². The number of rotatable bonds is 7. The van der Waals surface area contributed by atoms with Crippen LogP contribution in [0.1, 0.15) is 48.5 Å². The van der Waals surface area contributed by atoms with E-state index in [1.54, 1.807) is 31.0 Å². The van der Waals surface area contributed by atoms with Crippen molar-refractivity contribution in [2.24, 2.45) is 14.1 Å². The molecule has 1 unspecified atom stereocenters. The third-order valence-electron chi connectivity index (χ3n) is 11.8. The van der Waals surface area contributed by atoms with Gasteiger partial charge >= 0.3 is 0 Å². The lowest BCUT2D eigenvalue weighted by molar-refractivity contribution is 0.600. The Morgan fingerprint density at radius 2 is 1.23 bits per heavy atom. The van der Waals surface area contributed by atoms with E-state index in [0.717, 1.165) is 67.7 Å². The Hall–Kier alpha value is -7.39. The van der Waals surface area contributed by atoms with Crippen LogP contribution in [0.4, 0.5) is 11.4 Å². The van der Waals surface area contributed by atoms with Gasteiger partial charge in [0.25, 0.3) is 0 Å². The summed E-state index contributed by atoms with van der Waals surface area (Å²) in [5, 5.41) is 9.87. The quantitative estimate of drug-likeness (QED) is 0.166. The average molecular weight is 784 g/mol. The van der Waals surface area contributed by atoms with Gasteiger partial charge in [0.05, 0.1) is 34.2 Å². The Bertz CT molecular complexity index is 3150. The summed E-state index contributed by atoms with van der Waals surface area (Å²) in [5.74, 6) is 0. The van der Waals surface area contributed by atoms with Crippen LogP contribution in [0, 0.1) is 0 Å². The minimum absolute atomic E-state index is 0.126. The van der Waals surface area contributed by atoms with Gasteiger partial charge < -0.3 is 19.8 Å². The summed E-state index contributed by atoms with van der Waals surface area (Å²) in [6.07, 6.45) is 18.4. The van der Waals surface area contributed by atoms with Crippen LogP contribution >= 0.6 is 0 Å². The van der Waals surface area contributed by atoms with Gasteiger partial charge in [-0.15, -0.1) is 0 Å². The van der Waals surface area contributed by atoms with Gasteiger partial charge in [0.2, 0.25) is 0 Å². The zero-order chi connectivity index (χ0) is 40.6. The highest BCUT2D eigenvalue weighted by Gasteiger charge is 2.21. The molecule has 0 saturated carbocycles. The molecule has 11 rings (SSSR count). The minimum Gasteiger partial charge on any atom is -0.378 e. The molecule has 2 atom stereocenters. The van der Waals surface area contributed by atoms with E-state index in [1.807, 2.05) is 12.3 Å². The van der Waals surface area contributed by atoms with Crippen LogP contribution in [-0.4, -0.2) is 34.1 Å². The van der Waals surface area contributed by atoms with Crippen molar-refractivity contribution < 1.29 is 0 Å². The van der Waals surface area contributed by atoms with Crippen LogP contribution in [0.3, 0.4) is 0 Å². The van der Waals surface area contributed by atoms with E-state index in [9.17, 15) is 0 Å². The standard InChI is InChI=1S/C27H24N4.C24H21N5/c1-31-14-11-19-9-10-20(15-26(19)31)23-16-21(17-25-27(23)29-13-12-28-25)30-24-8-4-6-18-5-2-3-7-22(18)24;1-16(19-4-3-8-25-15-19)28-20-13-21(24-22(14-20)26-9-10-27-24)18-6-5-17-7-11-29(2)23(17)12-18/h2-3,5,7,9-17,24,30H,4,6,8H2,1H3;3-16,28H,1-2H3/t24-;/m1./s1. The second-order valence-electron chi connectivity index (χ2n) is 15.7. The summed E-state index contributed by atoms with van der Waals surface area (Å²) in [6.45, 7) is 2.13. The zero-order valence-electron chi connectivity index (χ0n) is 33.9. The van der Waals surface area contributed by atoms with E-state index in [2.05, 4.69) is 181 Å². The summed E-state index contributed by atoms with van der Waals surface area (Å²) >= 11 is 0. The van der Waals surface area contributed by atoms with Crippen LogP contribution in [0.5, 0.6) is 0 Å². The number of nitrogens with one attached hydrogen (secondary N) is 2. The molecule has 294 valence electrons. The van der Waals surface area contributed by atoms with E-state index >= 15 is 0 Å². The number of benzene rings is 5. The first-order valence-electron chi connectivity index (χ1n) is 20.6. The Balaban J connectivity index is 0.000000145. The molecule has 0 saturated heterocycles. The fourth-order valence-electron chi connectivity index (χ4n) is 8.69. The summed E-state index contributed by atoms with van der Waals surface area (Å²) < 4.78 is 4.30. The van der Waals surface area contributed by atoms with Gasteiger partial charge in [0.15, 0.2) is 0 Å². The first-order chi connectivity index (χ1) is 29.4. The topological polar surface area (TPSA) is 98.4 Å². The maximum atomic E-state index is 4.67. The highest BCUT2D eigenvalue weighted by Crippen LogP contribution is 2.37. The minimum atomic E-state index is 0.126. The van der Waals surface area contributed by atoms with Crippen LogP contribution in [0.15, 0.2) is 159 Å². The monoisotopic (exact) mass is 783 g/mol. The first kappa shape index (κ1) is 36.9. The third-order valence-corrected chi connectivity index (χ3v) is 11.8. The molecule has 0 spiro atoms. The van der Waals surface area contributed by atoms with Crippen molar-refractivity contribution >= 4 is 55.2 Å². The summed E-state index contributed by atoms with van der Waals surface area (Å²) in [7, 11) is 4.15. The molecule has 60 heavy (non-hydrogen) atoms. The smallest absolute Gasteiger partial charge is 0.0966 e. The molecule has 1 aliphatic rings. The van der Waals surface area contributed by atoms with Gasteiger partial charge in [-0.25, -0.2) is 0 Å². The first-order valence-corrected chi connectivity index (χ1v) is 20.6. The Morgan fingerprint density at radius 3 is 1.88 bits per heavy atom. The zero-order valence-corrected chi connectivity index (χ0v) is 33.9. The Kier molecular flexibility index (Phi) is 9.69. The molecule has 5 aromatic carbocycles. The van der Waals surface area contributed by atoms with E-state index in [-0.39, 0.29) is 6.04 Å². The largest absolute Gasteiger partial charge is 0.378 e. The number of pyridine rings is 1. The molecule has 2 N–H and O–H groups in total. The number of nitrogens with zero attached hydrogens (tertiary/aromatic N) is 7. The molecular formula is C51H45N9. The van der Waals surface area contributed by atoms with Crippen LogP contribution in [0.2, 0.25) is 0 Å². The van der Waals surface area contributed by atoms with E-state index < -0.39 is 0 Å². The molecule has 10 aromatic rings. The summed E-state index contributed by atoms with van der Waals surface area (Å²) in [6, 6.07) is 39.3. The predicted molar refractivity (Wildman–Crippen MR) is 245 cm³/mol. The molecule has 0 fully saturated rings. The van der Waals surface area contributed by atoms with Crippen molar-refractivity contribution in [2.45, 2.75) is 38.3 Å². The number of hydrogen-bond acceptors (Lipinski definition) is 7. The fourth-order valence-corrected chi connectivity index (χ4v) is 8.69.